The van der Waals surface area contributed by atoms with E-state index in [1.165, 1.54) is 43.5 Å². The number of carbonyl (C=O) groups excluding carboxylic acids is 1. The molecule has 0 saturated heterocycles. The number of methoxy groups -OCH3 is 1. The summed E-state index contributed by atoms with van der Waals surface area (Å²) >= 11 is 5.79. The molecule has 0 bridgehead atoms. The van der Waals surface area contributed by atoms with Crippen molar-refractivity contribution >= 4 is 39.7 Å². The molecule has 0 radical (unpaired) electrons. The Morgan fingerprint density at radius 1 is 1.15 bits per heavy atom. The fourth-order valence-electron chi connectivity index (χ4n) is 2.60. The highest BCUT2D eigenvalue weighted by Gasteiger charge is 2.23. The zero-order valence-corrected chi connectivity index (χ0v) is 19.3. The Morgan fingerprint density at radius 2 is 1.79 bits per heavy atom. The van der Waals surface area contributed by atoms with E-state index in [1.807, 2.05) is 4.72 Å². The molecule has 0 atom stereocenters. The van der Waals surface area contributed by atoms with Crippen LogP contribution in [0.2, 0.25) is 5.02 Å². The Bertz CT molecular complexity index is 1110. The SMILES string of the molecule is C=CCN(C/C(=C/c1ccc(OCOC)cc1)C(=O)NS(=O)(=O)c1ccc(Cl)cc1)C(=O)O. The van der Waals surface area contributed by atoms with E-state index in [1.54, 1.807) is 24.3 Å². The smallest absolute Gasteiger partial charge is 0.407 e. The number of nitrogens with zero attached hydrogens (tertiary/aromatic N) is 1. The van der Waals surface area contributed by atoms with Crippen molar-refractivity contribution < 1.29 is 32.6 Å². The number of benzene rings is 2. The number of nitrogens with one attached hydrogen (secondary N) is 1. The first-order chi connectivity index (χ1) is 15.7. The number of rotatable bonds is 11. The minimum absolute atomic E-state index is 0.0561. The van der Waals surface area contributed by atoms with Crippen LogP contribution in [0.15, 0.2) is 71.7 Å². The van der Waals surface area contributed by atoms with Crippen LogP contribution in [-0.4, -0.2) is 57.4 Å². The summed E-state index contributed by atoms with van der Waals surface area (Å²) in [7, 11) is -2.73. The van der Waals surface area contributed by atoms with Crippen molar-refractivity contribution in [1.82, 2.24) is 9.62 Å². The Balaban J connectivity index is 2.35. The third-order valence-corrected chi connectivity index (χ3v) is 5.79. The molecule has 2 aromatic carbocycles. The number of amides is 2. The summed E-state index contributed by atoms with van der Waals surface area (Å²) in [5, 5.41) is 9.75. The molecule has 0 saturated carbocycles. The van der Waals surface area contributed by atoms with Crippen LogP contribution >= 0.6 is 11.6 Å². The summed E-state index contributed by atoms with van der Waals surface area (Å²) in [5.74, 6) is -0.455. The fraction of sp³-hybridized carbons (Fsp3) is 0.182. The highest BCUT2D eigenvalue weighted by molar-refractivity contribution is 7.90. The van der Waals surface area contributed by atoms with Gasteiger partial charge in [0.15, 0.2) is 6.79 Å². The molecule has 0 heterocycles. The van der Waals surface area contributed by atoms with Gasteiger partial charge in [0, 0.05) is 24.3 Å². The standard InChI is InChI=1S/C22H23ClN2O7S/c1-3-12-25(22(27)28)14-17(13-16-4-8-19(9-5-16)32-15-31-2)21(26)24-33(29,30)20-10-6-18(23)7-11-20/h3-11,13H,1,12,14-15H2,2H3,(H,24,26)(H,27,28)/b17-13-. The van der Waals surface area contributed by atoms with Crippen LogP contribution in [0.25, 0.3) is 6.08 Å². The van der Waals surface area contributed by atoms with Gasteiger partial charge in [0.25, 0.3) is 15.9 Å². The Morgan fingerprint density at radius 3 is 2.33 bits per heavy atom. The van der Waals surface area contributed by atoms with E-state index in [2.05, 4.69) is 6.58 Å². The fourth-order valence-corrected chi connectivity index (χ4v) is 3.72. The van der Waals surface area contributed by atoms with Gasteiger partial charge in [-0.3, -0.25) is 4.79 Å². The molecule has 0 aromatic heterocycles. The zero-order valence-electron chi connectivity index (χ0n) is 17.7. The van der Waals surface area contributed by atoms with E-state index in [0.717, 1.165) is 4.90 Å². The molecule has 11 heteroatoms. The molecule has 0 aliphatic heterocycles. The second-order valence-corrected chi connectivity index (χ2v) is 8.75. The van der Waals surface area contributed by atoms with Gasteiger partial charge in [0.05, 0.1) is 11.4 Å². The van der Waals surface area contributed by atoms with Gasteiger partial charge < -0.3 is 19.5 Å². The summed E-state index contributed by atoms with van der Waals surface area (Å²) in [6, 6.07) is 11.8. The number of ether oxygens (including phenoxy) is 2. The minimum Gasteiger partial charge on any atom is -0.468 e. The topological polar surface area (TPSA) is 122 Å². The second kappa shape index (κ2) is 12.0. The summed E-state index contributed by atoms with van der Waals surface area (Å²) in [6.45, 7) is 3.13. The van der Waals surface area contributed by atoms with Crippen molar-refractivity contribution in [2.75, 3.05) is 27.0 Å². The predicted molar refractivity (Wildman–Crippen MR) is 123 cm³/mol. The molecule has 2 N–H and O–H groups in total. The second-order valence-electron chi connectivity index (χ2n) is 6.63. The zero-order chi connectivity index (χ0) is 24.4. The molecule has 0 fully saturated rings. The van der Waals surface area contributed by atoms with Crippen molar-refractivity contribution in [2.45, 2.75) is 4.90 Å². The van der Waals surface area contributed by atoms with Crippen LogP contribution in [0.1, 0.15) is 5.56 Å². The van der Waals surface area contributed by atoms with Crippen LogP contribution in [0.5, 0.6) is 5.75 Å². The highest BCUT2D eigenvalue weighted by atomic mass is 35.5. The van der Waals surface area contributed by atoms with E-state index >= 15 is 0 Å². The summed E-state index contributed by atoms with van der Waals surface area (Å²) < 4.78 is 37.4. The maximum absolute atomic E-state index is 12.9. The molecule has 0 unspecified atom stereocenters. The molecule has 0 aliphatic rings. The largest absolute Gasteiger partial charge is 0.468 e. The van der Waals surface area contributed by atoms with Crippen LogP contribution in [0.3, 0.4) is 0 Å². The highest BCUT2D eigenvalue weighted by Crippen LogP contribution is 2.17. The summed E-state index contributed by atoms with van der Waals surface area (Å²) in [4.78, 5) is 25.2. The number of halogens is 1. The number of carbonyl (C=O) groups is 2. The lowest BCUT2D eigenvalue weighted by molar-refractivity contribution is -0.115. The minimum atomic E-state index is -4.22. The van der Waals surface area contributed by atoms with Crippen molar-refractivity contribution in [3.8, 4) is 5.75 Å². The lowest BCUT2D eigenvalue weighted by atomic mass is 10.1. The third-order valence-electron chi connectivity index (χ3n) is 4.19. The molecule has 2 amide bonds. The van der Waals surface area contributed by atoms with E-state index in [-0.39, 0.29) is 30.4 Å². The van der Waals surface area contributed by atoms with Gasteiger partial charge in [-0.25, -0.2) is 17.9 Å². The lowest BCUT2D eigenvalue weighted by Gasteiger charge is -2.19. The summed E-state index contributed by atoms with van der Waals surface area (Å²) in [6.07, 6.45) is 1.46. The van der Waals surface area contributed by atoms with Gasteiger partial charge in [0.1, 0.15) is 5.75 Å². The van der Waals surface area contributed by atoms with Crippen LogP contribution in [0, 0.1) is 0 Å². The van der Waals surface area contributed by atoms with Crippen LogP contribution < -0.4 is 9.46 Å². The Hall–Kier alpha value is -3.34. The number of hydrogen-bond acceptors (Lipinski definition) is 6. The molecule has 2 aromatic rings. The van der Waals surface area contributed by atoms with E-state index in [4.69, 9.17) is 21.1 Å². The first kappa shape index (κ1) is 25.9. The maximum Gasteiger partial charge on any atom is 0.407 e. The Labute approximate surface area is 196 Å². The van der Waals surface area contributed by atoms with E-state index in [9.17, 15) is 23.1 Å². The molecule has 33 heavy (non-hydrogen) atoms. The van der Waals surface area contributed by atoms with Gasteiger partial charge in [-0.1, -0.05) is 29.8 Å². The van der Waals surface area contributed by atoms with Crippen molar-refractivity contribution in [1.29, 1.82) is 0 Å². The number of carboxylic acid groups (broad SMARTS) is 1. The van der Waals surface area contributed by atoms with Gasteiger partial charge in [0.2, 0.25) is 0 Å². The van der Waals surface area contributed by atoms with Gasteiger partial charge >= 0.3 is 6.09 Å². The lowest BCUT2D eigenvalue weighted by Crippen LogP contribution is -2.38. The first-order valence-corrected chi connectivity index (χ1v) is 11.4. The molecular weight excluding hydrogens is 472 g/mol. The first-order valence-electron chi connectivity index (χ1n) is 9.50. The number of hydrogen-bond donors (Lipinski definition) is 2. The van der Waals surface area contributed by atoms with Crippen LogP contribution in [-0.2, 0) is 19.6 Å². The van der Waals surface area contributed by atoms with Crippen LogP contribution in [0.4, 0.5) is 4.79 Å². The van der Waals surface area contributed by atoms with Gasteiger partial charge in [-0.15, -0.1) is 6.58 Å². The monoisotopic (exact) mass is 494 g/mol. The number of sulfonamides is 1. The molecule has 0 aliphatic carbocycles. The maximum atomic E-state index is 12.9. The molecule has 176 valence electrons. The molecular formula is C22H23ClN2O7S. The molecule has 0 spiro atoms. The van der Waals surface area contributed by atoms with Crippen molar-refractivity contribution in [3.05, 3.63) is 77.3 Å². The average molecular weight is 495 g/mol. The average Bonchev–Trinajstić information content (AvgIpc) is 2.77. The van der Waals surface area contributed by atoms with E-state index in [0.29, 0.717) is 16.3 Å². The third kappa shape index (κ3) is 7.94. The van der Waals surface area contributed by atoms with Crippen molar-refractivity contribution in [2.24, 2.45) is 0 Å². The summed E-state index contributed by atoms with van der Waals surface area (Å²) in [5.41, 5.74) is 0.431. The normalized spacial score (nSPS) is 11.5. The van der Waals surface area contributed by atoms with E-state index < -0.39 is 22.0 Å². The Kier molecular flexibility index (Phi) is 9.46. The quantitative estimate of drug-likeness (QED) is 0.279. The predicted octanol–water partition coefficient (Wildman–Crippen LogP) is 3.38. The molecule has 9 nitrogen and oxygen atoms in total. The van der Waals surface area contributed by atoms with Crippen molar-refractivity contribution in [3.63, 3.8) is 0 Å². The molecule has 2 rings (SSSR count). The van der Waals surface area contributed by atoms with Gasteiger partial charge in [-0.05, 0) is 48.0 Å². The van der Waals surface area contributed by atoms with Gasteiger partial charge in [-0.2, -0.15) is 0 Å².